The van der Waals surface area contributed by atoms with Gasteiger partial charge in [0, 0.05) is 13.0 Å². The van der Waals surface area contributed by atoms with Gasteiger partial charge in [-0.2, -0.15) is 13.2 Å². The first-order valence-electron chi connectivity index (χ1n) is 5.74. The van der Waals surface area contributed by atoms with Gasteiger partial charge in [0.2, 0.25) is 5.89 Å². The van der Waals surface area contributed by atoms with Crippen LogP contribution in [0.4, 0.5) is 18.9 Å². The quantitative estimate of drug-likeness (QED) is 0.671. The second-order valence-electron chi connectivity index (χ2n) is 4.07. The predicted octanol–water partition coefficient (Wildman–Crippen LogP) is 3.27. The van der Waals surface area contributed by atoms with Gasteiger partial charge >= 0.3 is 6.18 Å². The van der Waals surface area contributed by atoms with Gasteiger partial charge in [-0.3, -0.25) is 0 Å². The number of halogens is 3. The number of nitrogens with two attached hydrogens (primary N) is 1. The summed E-state index contributed by atoms with van der Waals surface area (Å²) in [6, 6.07) is 5.14. The lowest BCUT2D eigenvalue weighted by atomic mass is 10.3. The minimum Gasteiger partial charge on any atom is -0.438 e. The van der Waals surface area contributed by atoms with Gasteiger partial charge < -0.3 is 14.9 Å². The summed E-state index contributed by atoms with van der Waals surface area (Å²) >= 11 is 0. The fourth-order valence-corrected chi connectivity index (χ4v) is 1.61. The summed E-state index contributed by atoms with van der Waals surface area (Å²) in [6.07, 6.45) is -5.07. The van der Waals surface area contributed by atoms with Crippen LogP contribution in [0.3, 0.4) is 0 Å². The number of benzene rings is 1. The zero-order chi connectivity index (χ0) is 13.9. The first-order chi connectivity index (χ1) is 8.96. The van der Waals surface area contributed by atoms with Crippen LogP contribution in [0, 0.1) is 0 Å². The number of fused-ring (bicyclic) bond motifs is 1. The highest BCUT2D eigenvalue weighted by atomic mass is 19.4. The number of hydrogen-bond acceptors (Lipinski definition) is 4. The van der Waals surface area contributed by atoms with Crippen LogP contribution in [0.1, 0.15) is 18.7 Å². The Bertz CT molecular complexity index is 551. The van der Waals surface area contributed by atoms with Crippen molar-refractivity contribution in [1.82, 2.24) is 4.98 Å². The monoisotopic (exact) mass is 274 g/mol. The molecule has 2 rings (SSSR count). The van der Waals surface area contributed by atoms with Crippen molar-refractivity contribution in [2.75, 3.05) is 12.3 Å². The molecule has 0 radical (unpaired) electrons. The van der Waals surface area contributed by atoms with E-state index in [2.05, 4.69) is 4.98 Å². The third kappa shape index (κ3) is 3.85. The van der Waals surface area contributed by atoms with Crippen molar-refractivity contribution in [3.8, 4) is 0 Å². The van der Waals surface area contributed by atoms with Gasteiger partial charge in [0.25, 0.3) is 0 Å². The van der Waals surface area contributed by atoms with Crippen LogP contribution < -0.4 is 5.73 Å². The molecule has 0 aliphatic heterocycles. The lowest BCUT2D eigenvalue weighted by molar-refractivity contribution is -0.138. The molecule has 0 bridgehead atoms. The smallest absolute Gasteiger partial charge is 0.389 e. The Balaban J connectivity index is 1.84. The molecule has 0 aliphatic rings. The van der Waals surface area contributed by atoms with E-state index in [0.717, 1.165) is 0 Å². The van der Waals surface area contributed by atoms with Crippen molar-refractivity contribution in [2.24, 2.45) is 0 Å². The normalized spacial score (nSPS) is 12.2. The maximum Gasteiger partial charge on any atom is 0.389 e. The summed E-state index contributed by atoms with van der Waals surface area (Å²) in [7, 11) is 0. The Hall–Kier alpha value is -1.76. The zero-order valence-corrected chi connectivity index (χ0v) is 10.0. The first-order valence-corrected chi connectivity index (χ1v) is 5.74. The van der Waals surface area contributed by atoms with Crippen LogP contribution in [0.2, 0.25) is 0 Å². The summed E-state index contributed by atoms with van der Waals surface area (Å²) in [5.74, 6) is 0.305. The molecule has 2 aromatic rings. The number of anilines is 1. The topological polar surface area (TPSA) is 61.3 Å². The molecular formula is C12H13F3N2O2. The number of hydrogen-bond donors (Lipinski definition) is 1. The first kappa shape index (κ1) is 13.7. The van der Waals surface area contributed by atoms with E-state index in [0.29, 0.717) is 22.7 Å². The van der Waals surface area contributed by atoms with Gasteiger partial charge in [0.1, 0.15) is 12.1 Å². The minimum atomic E-state index is -4.14. The van der Waals surface area contributed by atoms with Crippen molar-refractivity contribution in [1.29, 1.82) is 0 Å². The Kier molecular flexibility index (Phi) is 3.94. The van der Waals surface area contributed by atoms with Gasteiger partial charge in [0.05, 0.1) is 5.69 Å². The molecule has 19 heavy (non-hydrogen) atoms. The lowest BCUT2D eigenvalue weighted by Crippen LogP contribution is -2.08. The highest BCUT2D eigenvalue weighted by Crippen LogP contribution is 2.22. The number of para-hydroxylation sites is 1. The fraction of sp³-hybridized carbons (Fsp3) is 0.417. The Morgan fingerprint density at radius 2 is 2.11 bits per heavy atom. The third-order valence-electron chi connectivity index (χ3n) is 2.47. The van der Waals surface area contributed by atoms with Crippen LogP contribution in [0.15, 0.2) is 22.6 Å². The van der Waals surface area contributed by atoms with Crippen molar-refractivity contribution in [2.45, 2.75) is 25.6 Å². The number of alkyl halides is 3. The number of rotatable bonds is 5. The number of nitrogen functional groups attached to an aromatic ring is 1. The van der Waals surface area contributed by atoms with Crippen molar-refractivity contribution in [3.05, 3.63) is 24.1 Å². The summed E-state index contributed by atoms with van der Waals surface area (Å²) in [5, 5.41) is 0. The molecule has 0 saturated carbocycles. The molecule has 2 N–H and O–H groups in total. The summed E-state index contributed by atoms with van der Waals surface area (Å²) in [5.41, 5.74) is 7.27. The van der Waals surface area contributed by atoms with Gasteiger partial charge in [-0.1, -0.05) is 6.07 Å². The highest BCUT2D eigenvalue weighted by Gasteiger charge is 2.25. The number of aromatic nitrogens is 1. The molecule has 0 fully saturated rings. The van der Waals surface area contributed by atoms with Crippen LogP contribution in [0.5, 0.6) is 0 Å². The van der Waals surface area contributed by atoms with Crippen LogP contribution in [-0.2, 0) is 11.3 Å². The Morgan fingerprint density at radius 1 is 1.32 bits per heavy atom. The average Bonchev–Trinajstić information content (AvgIpc) is 2.71. The Morgan fingerprint density at radius 3 is 2.79 bits per heavy atom. The lowest BCUT2D eigenvalue weighted by Gasteiger charge is -2.05. The maximum atomic E-state index is 11.9. The van der Waals surface area contributed by atoms with E-state index in [9.17, 15) is 13.2 Å². The molecular weight excluding hydrogens is 261 g/mol. The second kappa shape index (κ2) is 5.48. The molecule has 1 heterocycles. The highest BCUT2D eigenvalue weighted by molar-refractivity contribution is 5.85. The molecule has 0 saturated heterocycles. The van der Waals surface area contributed by atoms with Crippen molar-refractivity contribution < 1.29 is 22.3 Å². The van der Waals surface area contributed by atoms with Crippen molar-refractivity contribution >= 4 is 16.8 Å². The molecule has 0 aliphatic carbocycles. The number of nitrogens with zero attached hydrogens (tertiary/aromatic N) is 1. The summed E-state index contributed by atoms with van der Waals surface area (Å²) in [4.78, 5) is 4.12. The zero-order valence-electron chi connectivity index (χ0n) is 10.0. The van der Waals surface area contributed by atoms with E-state index < -0.39 is 12.6 Å². The molecule has 0 amide bonds. The van der Waals surface area contributed by atoms with Gasteiger partial charge in [-0.05, 0) is 18.6 Å². The van der Waals surface area contributed by atoms with Gasteiger partial charge in [-0.15, -0.1) is 0 Å². The van der Waals surface area contributed by atoms with E-state index in [1.54, 1.807) is 18.2 Å². The maximum absolute atomic E-state index is 11.9. The molecule has 0 spiro atoms. The minimum absolute atomic E-state index is 0.00766. The van der Waals surface area contributed by atoms with E-state index in [4.69, 9.17) is 14.9 Å². The van der Waals surface area contributed by atoms with Crippen molar-refractivity contribution in [3.63, 3.8) is 0 Å². The Labute approximate surface area is 107 Å². The average molecular weight is 274 g/mol. The number of oxazole rings is 1. The van der Waals surface area contributed by atoms with E-state index >= 15 is 0 Å². The predicted molar refractivity (Wildman–Crippen MR) is 63.4 cm³/mol. The van der Waals surface area contributed by atoms with Crippen LogP contribution >= 0.6 is 0 Å². The van der Waals surface area contributed by atoms with Gasteiger partial charge in [0.15, 0.2) is 5.58 Å². The molecule has 1 aromatic carbocycles. The molecule has 7 heteroatoms. The number of ether oxygens (including phenoxy) is 1. The molecule has 0 unspecified atom stereocenters. The molecule has 1 aromatic heterocycles. The van der Waals surface area contributed by atoms with E-state index in [1.807, 2.05) is 0 Å². The van der Waals surface area contributed by atoms with E-state index in [1.165, 1.54) is 0 Å². The molecule has 0 atom stereocenters. The van der Waals surface area contributed by atoms with Crippen LogP contribution in [-0.4, -0.2) is 17.8 Å². The standard InChI is InChI=1S/C12H13F3N2O2/c13-12(14,15)5-2-6-18-7-10-17-11-8(16)3-1-4-9(11)19-10/h1,3-4H,2,5-7,16H2. The summed E-state index contributed by atoms with van der Waals surface area (Å²) in [6.45, 7) is 0.0414. The van der Waals surface area contributed by atoms with E-state index in [-0.39, 0.29) is 19.6 Å². The molecule has 104 valence electrons. The summed E-state index contributed by atoms with van der Waals surface area (Å²) < 4.78 is 46.1. The SMILES string of the molecule is Nc1cccc2oc(COCCCC(F)(F)F)nc12. The molecule has 4 nitrogen and oxygen atoms in total. The fourth-order valence-electron chi connectivity index (χ4n) is 1.61. The largest absolute Gasteiger partial charge is 0.438 e. The van der Waals surface area contributed by atoms with Gasteiger partial charge in [-0.25, -0.2) is 4.98 Å². The third-order valence-corrected chi connectivity index (χ3v) is 2.47. The second-order valence-corrected chi connectivity index (χ2v) is 4.07. The van der Waals surface area contributed by atoms with Crippen LogP contribution in [0.25, 0.3) is 11.1 Å².